The molecule has 0 saturated carbocycles. The highest BCUT2D eigenvalue weighted by atomic mass is 32.2. The molecule has 114 valence electrons. The van der Waals surface area contributed by atoms with Crippen molar-refractivity contribution in [2.45, 2.75) is 15.9 Å². The van der Waals surface area contributed by atoms with Crippen LogP contribution in [0.1, 0.15) is 11.1 Å². The summed E-state index contributed by atoms with van der Waals surface area (Å²) >= 11 is 2.80. The van der Waals surface area contributed by atoms with Gasteiger partial charge in [-0.3, -0.25) is 0 Å². The van der Waals surface area contributed by atoms with Crippen molar-refractivity contribution < 1.29 is 4.39 Å². The summed E-state index contributed by atoms with van der Waals surface area (Å²) in [5.74, 6) is -0.252. The Kier molecular flexibility index (Phi) is 4.80. The minimum atomic E-state index is -0.252. The highest BCUT2D eigenvalue weighted by Gasteiger charge is 2.07. The molecule has 2 heterocycles. The van der Waals surface area contributed by atoms with Crippen LogP contribution in [-0.2, 0) is 6.54 Å². The van der Waals surface area contributed by atoms with Crippen molar-refractivity contribution in [1.29, 1.82) is 5.26 Å². The average molecular weight is 343 g/mol. The van der Waals surface area contributed by atoms with Gasteiger partial charge in [0.15, 0.2) is 4.34 Å². The van der Waals surface area contributed by atoms with Crippen LogP contribution >= 0.6 is 23.1 Å². The molecule has 0 fully saturated rings. The fourth-order valence-corrected chi connectivity index (χ4v) is 3.33. The summed E-state index contributed by atoms with van der Waals surface area (Å²) in [5.41, 5.74) is 1.48. The van der Waals surface area contributed by atoms with E-state index in [0.717, 1.165) is 14.9 Å². The molecule has 1 N–H and O–H groups in total. The van der Waals surface area contributed by atoms with Crippen LogP contribution in [0.15, 0.2) is 52.0 Å². The molecule has 0 bridgehead atoms. The first-order chi connectivity index (χ1) is 11.2. The van der Waals surface area contributed by atoms with Crippen LogP contribution in [0.25, 0.3) is 0 Å². The molecule has 2 aromatic heterocycles. The molecule has 23 heavy (non-hydrogen) atoms. The van der Waals surface area contributed by atoms with Crippen LogP contribution in [-0.4, -0.2) is 15.2 Å². The first kappa shape index (κ1) is 15.4. The lowest BCUT2D eigenvalue weighted by atomic mass is 10.2. The fraction of sp³-hybridized carbons (Fsp3) is 0.0667. The van der Waals surface area contributed by atoms with E-state index < -0.39 is 0 Å². The highest BCUT2D eigenvalue weighted by molar-refractivity contribution is 8.01. The third-order valence-corrected chi connectivity index (χ3v) is 4.70. The van der Waals surface area contributed by atoms with E-state index in [0.29, 0.717) is 17.2 Å². The molecule has 0 spiro atoms. The summed E-state index contributed by atoms with van der Waals surface area (Å²) in [6, 6.07) is 11.8. The summed E-state index contributed by atoms with van der Waals surface area (Å²) in [5, 5.41) is 21.5. The summed E-state index contributed by atoms with van der Waals surface area (Å²) in [6.07, 6.45) is 1.52. The quantitative estimate of drug-likeness (QED) is 0.761. The molecule has 0 radical (unpaired) electrons. The normalized spacial score (nSPS) is 10.3. The Labute approximate surface area is 140 Å². The summed E-state index contributed by atoms with van der Waals surface area (Å²) < 4.78 is 13.6. The third kappa shape index (κ3) is 4.25. The van der Waals surface area contributed by atoms with E-state index in [1.54, 1.807) is 24.3 Å². The Morgan fingerprint density at radius 3 is 2.70 bits per heavy atom. The van der Waals surface area contributed by atoms with Crippen molar-refractivity contribution in [3.05, 3.63) is 59.5 Å². The third-order valence-electron chi connectivity index (χ3n) is 2.82. The molecule has 0 unspecified atom stereocenters. The molecule has 3 aromatic rings. The van der Waals surface area contributed by atoms with Gasteiger partial charge in [0.2, 0.25) is 5.13 Å². The Balaban J connectivity index is 1.59. The molecule has 0 saturated heterocycles. The molecule has 5 nitrogen and oxygen atoms in total. The van der Waals surface area contributed by atoms with Crippen LogP contribution in [0.5, 0.6) is 0 Å². The number of rotatable bonds is 5. The SMILES string of the molecule is N#Cc1ccc(Sc2nnc(NCc3ccc(F)cc3)s2)nc1. The van der Waals surface area contributed by atoms with Crippen molar-refractivity contribution in [2.24, 2.45) is 0 Å². The molecule has 1 aromatic carbocycles. The molecule has 0 aliphatic rings. The average Bonchev–Trinajstić information content (AvgIpc) is 3.02. The number of aromatic nitrogens is 3. The minimum Gasteiger partial charge on any atom is -0.356 e. The summed E-state index contributed by atoms with van der Waals surface area (Å²) in [7, 11) is 0. The number of hydrogen-bond acceptors (Lipinski definition) is 7. The first-order valence-electron chi connectivity index (χ1n) is 6.59. The maximum atomic E-state index is 12.8. The van der Waals surface area contributed by atoms with Gasteiger partial charge in [0.05, 0.1) is 5.56 Å². The van der Waals surface area contributed by atoms with Crippen molar-refractivity contribution in [2.75, 3.05) is 5.32 Å². The number of nitrogens with zero attached hydrogens (tertiary/aromatic N) is 4. The van der Waals surface area contributed by atoms with Crippen molar-refractivity contribution >= 4 is 28.2 Å². The molecule has 0 atom stereocenters. The lowest BCUT2D eigenvalue weighted by Crippen LogP contribution is -1.98. The highest BCUT2D eigenvalue weighted by Crippen LogP contribution is 2.30. The van der Waals surface area contributed by atoms with Crippen molar-refractivity contribution in [1.82, 2.24) is 15.2 Å². The van der Waals surface area contributed by atoms with Gasteiger partial charge in [-0.25, -0.2) is 9.37 Å². The molecule has 0 aliphatic carbocycles. The van der Waals surface area contributed by atoms with Gasteiger partial charge in [-0.1, -0.05) is 23.5 Å². The predicted molar refractivity (Wildman–Crippen MR) is 86.7 cm³/mol. The summed E-state index contributed by atoms with van der Waals surface area (Å²) in [4.78, 5) is 4.18. The second kappa shape index (κ2) is 7.17. The van der Waals surface area contributed by atoms with Crippen molar-refractivity contribution in [3.63, 3.8) is 0 Å². The number of halogens is 1. The van der Waals surface area contributed by atoms with Crippen LogP contribution in [0, 0.1) is 17.1 Å². The zero-order chi connectivity index (χ0) is 16.1. The van der Waals surface area contributed by atoms with Gasteiger partial charge in [0, 0.05) is 12.7 Å². The number of anilines is 1. The Morgan fingerprint density at radius 2 is 2.00 bits per heavy atom. The topological polar surface area (TPSA) is 74.5 Å². The lowest BCUT2D eigenvalue weighted by molar-refractivity contribution is 0.627. The van der Waals surface area contributed by atoms with Crippen LogP contribution < -0.4 is 5.32 Å². The Hall–Kier alpha value is -2.50. The van der Waals surface area contributed by atoms with Gasteiger partial charge in [-0.15, -0.1) is 10.2 Å². The number of hydrogen-bond donors (Lipinski definition) is 1. The minimum absolute atomic E-state index is 0.252. The number of benzene rings is 1. The number of nitrogens with one attached hydrogen (secondary N) is 1. The smallest absolute Gasteiger partial charge is 0.206 e. The molecule has 0 aliphatic heterocycles. The van der Waals surface area contributed by atoms with Gasteiger partial charge in [0.25, 0.3) is 0 Å². The van der Waals surface area contributed by atoms with Crippen LogP contribution in [0.4, 0.5) is 9.52 Å². The van der Waals surface area contributed by atoms with Gasteiger partial charge >= 0.3 is 0 Å². The van der Waals surface area contributed by atoms with Gasteiger partial charge < -0.3 is 5.32 Å². The number of nitriles is 1. The van der Waals surface area contributed by atoms with Crippen molar-refractivity contribution in [3.8, 4) is 6.07 Å². The van der Waals surface area contributed by atoms with E-state index in [1.807, 2.05) is 6.07 Å². The van der Waals surface area contributed by atoms with E-state index in [1.165, 1.54) is 41.4 Å². The van der Waals surface area contributed by atoms with E-state index in [2.05, 4.69) is 20.5 Å². The van der Waals surface area contributed by atoms with Crippen LogP contribution in [0.3, 0.4) is 0 Å². The van der Waals surface area contributed by atoms with E-state index >= 15 is 0 Å². The maximum Gasteiger partial charge on any atom is 0.206 e. The molecule has 8 heteroatoms. The molecular weight excluding hydrogens is 333 g/mol. The Bertz CT molecular complexity index is 824. The predicted octanol–water partition coefficient (Wildman–Crippen LogP) is 3.71. The van der Waals surface area contributed by atoms with Gasteiger partial charge in [0.1, 0.15) is 16.9 Å². The monoisotopic (exact) mass is 343 g/mol. The van der Waals surface area contributed by atoms with E-state index in [4.69, 9.17) is 5.26 Å². The van der Waals surface area contributed by atoms with E-state index in [-0.39, 0.29) is 5.82 Å². The largest absolute Gasteiger partial charge is 0.356 e. The molecular formula is C15H10FN5S2. The maximum absolute atomic E-state index is 12.8. The first-order valence-corrected chi connectivity index (χ1v) is 8.22. The van der Waals surface area contributed by atoms with Gasteiger partial charge in [-0.05, 0) is 41.6 Å². The fourth-order valence-electron chi connectivity index (χ4n) is 1.70. The Morgan fingerprint density at radius 1 is 1.17 bits per heavy atom. The van der Waals surface area contributed by atoms with Gasteiger partial charge in [-0.2, -0.15) is 5.26 Å². The van der Waals surface area contributed by atoms with E-state index in [9.17, 15) is 4.39 Å². The lowest BCUT2D eigenvalue weighted by Gasteiger charge is -2.01. The second-order valence-corrected chi connectivity index (χ2v) is 6.70. The molecule has 3 rings (SSSR count). The van der Waals surface area contributed by atoms with Crippen LogP contribution in [0.2, 0.25) is 0 Å². The summed E-state index contributed by atoms with van der Waals surface area (Å²) in [6.45, 7) is 0.550. The molecule has 0 amide bonds. The number of pyridine rings is 1. The zero-order valence-electron chi connectivity index (χ0n) is 11.7. The standard InChI is InChI=1S/C15H10FN5S2/c16-12-4-1-10(2-5-12)8-19-14-20-21-15(23-14)22-13-6-3-11(7-17)9-18-13/h1-6,9H,8H2,(H,19,20). The zero-order valence-corrected chi connectivity index (χ0v) is 13.4. The second-order valence-electron chi connectivity index (χ2n) is 4.45.